The van der Waals surface area contributed by atoms with Gasteiger partial charge in [-0.05, 0) is 24.3 Å². The molecule has 0 unspecified atom stereocenters. The molecule has 4 aromatic rings. The second-order valence-corrected chi connectivity index (χ2v) is 6.48. The second kappa shape index (κ2) is 6.80. The van der Waals surface area contributed by atoms with Crippen molar-refractivity contribution in [3.8, 4) is 23.1 Å². The molecule has 0 saturated heterocycles. The van der Waals surface area contributed by atoms with Crippen LogP contribution in [0.15, 0.2) is 61.2 Å². The number of nitrogens with zero attached hydrogens (tertiary/aromatic N) is 4. The maximum absolute atomic E-state index is 5.86. The molecule has 0 N–H and O–H groups in total. The summed E-state index contributed by atoms with van der Waals surface area (Å²) in [6.07, 6.45) is 1.10. The summed E-state index contributed by atoms with van der Waals surface area (Å²) in [4.78, 5) is 4.26. The van der Waals surface area contributed by atoms with Crippen molar-refractivity contribution in [2.24, 2.45) is 0 Å². The molecule has 5 rings (SSSR count). The highest BCUT2D eigenvalue weighted by atomic mass is 32.2. The number of rotatable bonds is 5. The Morgan fingerprint density at radius 3 is 2.89 bits per heavy atom. The van der Waals surface area contributed by atoms with E-state index >= 15 is 0 Å². The SMILES string of the molecule is c1coc(-c2nc(CSc3nnc([C@@H]4COc5ccccc5O4)o3)no2)c1. The van der Waals surface area contributed by atoms with Crippen molar-refractivity contribution in [2.45, 2.75) is 17.1 Å². The van der Waals surface area contributed by atoms with Crippen LogP contribution in [0.5, 0.6) is 11.5 Å². The summed E-state index contributed by atoms with van der Waals surface area (Å²) in [5, 5.41) is 12.4. The highest BCUT2D eigenvalue weighted by Crippen LogP contribution is 2.36. The quantitative estimate of drug-likeness (QED) is 0.474. The Labute approximate surface area is 156 Å². The van der Waals surface area contributed by atoms with Crippen LogP contribution in [0.3, 0.4) is 0 Å². The van der Waals surface area contributed by atoms with Gasteiger partial charge in [0.15, 0.2) is 23.1 Å². The van der Waals surface area contributed by atoms with Gasteiger partial charge in [-0.15, -0.1) is 10.2 Å². The van der Waals surface area contributed by atoms with Gasteiger partial charge in [0.2, 0.25) is 6.10 Å². The summed E-state index contributed by atoms with van der Waals surface area (Å²) in [5.74, 6) is 3.47. The lowest BCUT2D eigenvalue weighted by molar-refractivity contribution is 0.0686. The molecule has 3 aromatic heterocycles. The first-order chi connectivity index (χ1) is 13.3. The first kappa shape index (κ1) is 15.9. The Morgan fingerprint density at radius 2 is 2.00 bits per heavy atom. The fraction of sp³-hybridized carbons (Fsp3) is 0.176. The predicted octanol–water partition coefficient (Wildman–Crippen LogP) is 3.52. The van der Waals surface area contributed by atoms with Crippen LogP contribution in [0.25, 0.3) is 11.7 Å². The third-order valence-corrected chi connectivity index (χ3v) is 4.55. The van der Waals surface area contributed by atoms with Gasteiger partial charge in [-0.2, -0.15) is 4.98 Å². The molecule has 0 saturated carbocycles. The number of benzene rings is 1. The number of para-hydroxylation sites is 2. The van der Waals surface area contributed by atoms with Gasteiger partial charge >= 0.3 is 0 Å². The van der Waals surface area contributed by atoms with Crippen molar-refractivity contribution in [3.05, 3.63) is 54.4 Å². The van der Waals surface area contributed by atoms with E-state index in [-0.39, 0.29) is 0 Å². The number of ether oxygens (including phenoxy) is 2. The third-order valence-electron chi connectivity index (χ3n) is 3.73. The van der Waals surface area contributed by atoms with E-state index in [1.807, 2.05) is 24.3 Å². The van der Waals surface area contributed by atoms with Gasteiger partial charge in [0, 0.05) is 0 Å². The Bertz CT molecular complexity index is 1050. The summed E-state index contributed by atoms with van der Waals surface area (Å²) >= 11 is 1.30. The predicted molar refractivity (Wildman–Crippen MR) is 91.2 cm³/mol. The van der Waals surface area contributed by atoms with Gasteiger partial charge in [0.05, 0.1) is 12.0 Å². The molecular weight excluding hydrogens is 372 g/mol. The molecule has 0 bridgehead atoms. The number of furan rings is 1. The van der Waals surface area contributed by atoms with Gasteiger partial charge in [0.1, 0.15) is 6.61 Å². The van der Waals surface area contributed by atoms with Crippen molar-refractivity contribution < 1.29 is 22.8 Å². The van der Waals surface area contributed by atoms with Crippen molar-refractivity contribution in [2.75, 3.05) is 6.61 Å². The van der Waals surface area contributed by atoms with E-state index in [4.69, 9.17) is 22.8 Å². The summed E-state index contributed by atoms with van der Waals surface area (Å²) < 4.78 is 27.6. The molecular formula is C17H12N4O5S. The molecule has 10 heteroatoms. The minimum absolute atomic E-state index is 0.306. The zero-order valence-electron chi connectivity index (χ0n) is 13.8. The lowest BCUT2D eigenvalue weighted by Gasteiger charge is -2.23. The minimum Gasteiger partial charge on any atom is -0.485 e. The van der Waals surface area contributed by atoms with Gasteiger partial charge in [-0.25, -0.2) is 0 Å². The summed E-state index contributed by atoms with van der Waals surface area (Å²) in [6, 6.07) is 11.0. The monoisotopic (exact) mass is 384 g/mol. The zero-order valence-corrected chi connectivity index (χ0v) is 14.6. The van der Waals surface area contributed by atoms with E-state index < -0.39 is 6.10 Å². The molecule has 1 aliphatic rings. The molecule has 27 heavy (non-hydrogen) atoms. The van der Waals surface area contributed by atoms with E-state index in [9.17, 15) is 0 Å². The van der Waals surface area contributed by atoms with Crippen molar-refractivity contribution in [1.82, 2.24) is 20.3 Å². The highest BCUT2D eigenvalue weighted by Gasteiger charge is 2.27. The van der Waals surface area contributed by atoms with Crippen LogP contribution in [0, 0.1) is 0 Å². The fourth-order valence-corrected chi connectivity index (χ4v) is 3.10. The standard InChI is InChI=1S/C17H12N4O5S/c1-2-5-11-10(4-1)23-8-13(24-11)16-19-20-17(25-16)27-9-14-18-15(26-21-14)12-6-3-7-22-12/h1-7,13H,8-9H2/t13-/m0/s1. The number of thioether (sulfide) groups is 1. The van der Waals surface area contributed by atoms with Gasteiger partial charge in [-0.3, -0.25) is 0 Å². The maximum Gasteiger partial charge on any atom is 0.293 e. The molecule has 4 heterocycles. The van der Waals surface area contributed by atoms with Gasteiger partial charge in [0.25, 0.3) is 17.0 Å². The van der Waals surface area contributed by atoms with Crippen molar-refractivity contribution in [3.63, 3.8) is 0 Å². The van der Waals surface area contributed by atoms with Crippen LogP contribution in [-0.2, 0) is 5.75 Å². The van der Waals surface area contributed by atoms with E-state index in [2.05, 4.69) is 20.3 Å². The van der Waals surface area contributed by atoms with Crippen LogP contribution in [0.2, 0.25) is 0 Å². The van der Waals surface area contributed by atoms with Crippen LogP contribution in [-0.4, -0.2) is 26.9 Å². The fourth-order valence-electron chi connectivity index (χ4n) is 2.49. The molecule has 136 valence electrons. The van der Waals surface area contributed by atoms with Crippen molar-refractivity contribution in [1.29, 1.82) is 0 Å². The largest absolute Gasteiger partial charge is 0.485 e. The number of hydrogen-bond donors (Lipinski definition) is 0. The number of hydrogen-bond acceptors (Lipinski definition) is 10. The first-order valence-corrected chi connectivity index (χ1v) is 9.05. The number of fused-ring (bicyclic) bond motifs is 1. The lowest BCUT2D eigenvalue weighted by Crippen LogP contribution is -2.21. The summed E-state index contributed by atoms with van der Waals surface area (Å²) in [7, 11) is 0. The topological polar surface area (TPSA) is 109 Å². The average molecular weight is 384 g/mol. The Morgan fingerprint density at radius 1 is 1.07 bits per heavy atom. The van der Waals surface area contributed by atoms with E-state index in [0.29, 0.717) is 52.4 Å². The second-order valence-electron chi connectivity index (χ2n) is 5.55. The smallest absolute Gasteiger partial charge is 0.293 e. The molecule has 0 aliphatic carbocycles. The van der Waals surface area contributed by atoms with E-state index in [1.54, 1.807) is 18.4 Å². The van der Waals surface area contributed by atoms with Crippen molar-refractivity contribution >= 4 is 11.8 Å². The van der Waals surface area contributed by atoms with E-state index in [1.165, 1.54) is 11.8 Å². The van der Waals surface area contributed by atoms with Gasteiger partial charge in [-0.1, -0.05) is 29.1 Å². The van der Waals surface area contributed by atoms with Gasteiger partial charge < -0.3 is 22.8 Å². The molecule has 1 atom stereocenters. The first-order valence-electron chi connectivity index (χ1n) is 8.06. The normalized spacial score (nSPS) is 15.8. The number of aromatic nitrogens is 4. The third kappa shape index (κ3) is 3.26. The molecule has 0 amide bonds. The van der Waals surface area contributed by atoms with Crippen LogP contribution in [0.1, 0.15) is 17.8 Å². The Balaban J connectivity index is 1.23. The lowest BCUT2D eigenvalue weighted by atomic mass is 10.2. The molecule has 1 aliphatic heterocycles. The van der Waals surface area contributed by atoms with Crippen LogP contribution < -0.4 is 9.47 Å². The van der Waals surface area contributed by atoms with E-state index in [0.717, 1.165) is 0 Å². The molecule has 0 spiro atoms. The summed E-state index contributed by atoms with van der Waals surface area (Å²) in [6.45, 7) is 0.306. The summed E-state index contributed by atoms with van der Waals surface area (Å²) in [5.41, 5.74) is 0. The Hall–Kier alpha value is -3.27. The maximum atomic E-state index is 5.86. The highest BCUT2D eigenvalue weighted by molar-refractivity contribution is 7.98. The molecule has 0 fully saturated rings. The van der Waals surface area contributed by atoms with Crippen LogP contribution >= 0.6 is 11.8 Å². The molecule has 9 nitrogen and oxygen atoms in total. The zero-order chi connectivity index (χ0) is 18.1. The average Bonchev–Trinajstić information content (AvgIpc) is 3.47. The minimum atomic E-state index is -0.447. The molecule has 0 radical (unpaired) electrons. The van der Waals surface area contributed by atoms with Crippen LogP contribution in [0.4, 0.5) is 0 Å². The Kier molecular flexibility index (Phi) is 4.02. The molecule has 1 aromatic carbocycles.